The van der Waals surface area contributed by atoms with Crippen LogP contribution >= 0.6 is 0 Å². The molecule has 4 aromatic heterocycles. The summed E-state index contributed by atoms with van der Waals surface area (Å²) in [5, 5.41) is 5.62. The normalized spacial score (nSPS) is 18.1. The maximum Gasteiger partial charge on any atom is 0.418 e. The average Bonchev–Trinajstić information content (AvgIpc) is 3.30. The molecule has 0 aliphatic heterocycles. The van der Waals surface area contributed by atoms with Crippen LogP contribution in [0.15, 0.2) is 53.7 Å². The predicted molar refractivity (Wildman–Crippen MR) is 146 cm³/mol. The third-order valence-corrected chi connectivity index (χ3v) is 8.21. The van der Waals surface area contributed by atoms with E-state index in [1.807, 2.05) is 17.9 Å². The molecular weight excluding hydrogens is 517 g/mol. The number of hydrogen-bond acceptors (Lipinski definition) is 5. The zero-order chi connectivity index (χ0) is 28.2. The van der Waals surface area contributed by atoms with Gasteiger partial charge in [-0.3, -0.25) is 24.0 Å². The van der Waals surface area contributed by atoms with Crippen molar-refractivity contribution in [2.24, 2.45) is 7.05 Å². The van der Waals surface area contributed by atoms with E-state index in [1.165, 1.54) is 33.3 Å². The van der Waals surface area contributed by atoms with Gasteiger partial charge in [0.2, 0.25) is 0 Å². The van der Waals surface area contributed by atoms with Crippen molar-refractivity contribution in [2.45, 2.75) is 64.1 Å². The largest absolute Gasteiger partial charge is 0.418 e. The summed E-state index contributed by atoms with van der Waals surface area (Å²) in [6, 6.07) is 8.25. The first kappa shape index (κ1) is 26.2. The van der Waals surface area contributed by atoms with Crippen molar-refractivity contribution in [3.8, 4) is 0 Å². The van der Waals surface area contributed by atoms with E-state index < -0.39 is 11.7 Å². The van der Waals surface area contributed by atoms with Crippen molar-refractivity contribution in [3.63, 3.8) is 0 Å². The van der Waals surface area contributed by atoms with Gasteiger partial charge < -0.3 is 0 Å². The van der Waals surface area contributed by atoms with E-state index in [9.17, 15) is 18.0 Å². The van der Waals surface area contributed by atoms with E-state index in [2.05, 4.69) is 39.1 Å². The van der Waals surface area contributed by atoms with Crippen molar-refractivity contribution in [1.82, 2.24) is 29.3 Å². The predicted octanol–water partition coefficient (Wildman–Crippen LogP) is 6.20. The molecule has 0 amide bonds. The molecule has 0 bridgehead atoms. The van der Waals surface area contributed by atoms with Gasteiger partial charge in [0.05, 0.1) is 35.2 Å². The number of hydrogen-bond donors (Lipinski definition) is 0. The van der Waals surface area contributed by atoms with E-state index in [-0.39, 0.29) is 29.4 Å². The number of alkyl halides is 3. The summed E-state index contributed by atoms with van der Waals surface area (Å²) in [4.78, 5) is 26.9. The van der Waals surface area contributed by atoms with Crippen LogP contribution in [0.2, 0.25) is 0 Å². The van der Waals surface area contributed by atoms with Crippen LogP contribution in [0.4, 0.5) is 13.2 Å². The number of pyridine rings is 2. The third kappa shape index (κ3) is 4.55. The SMILES string of the molecule is Cc1cnc2cc(C3CCC(c4c(C)ccc5c4cnn5C)CC3)c(=O)n(Cc3ncccc3C(F)(F)F)c2n1. The highest BCUT2D eigenvalue weighted by Gasteiger charge is 2.34. The lowest BCUT2D eigenvalue weighted by atomic mass is 9.75. The lowest BCUT2D eigenvalue weighted by Crippen LogP contribution is -2.29. The maximum absolute atomic E-state index is 13.9. The summed E-state index contributed by atoms with van der Waals surface area (Å²) in [5.41, 5.74) is 4.14. The molecule has 7 nitrogen and oxygen atoms in total. The minimum absolute atomic E-state index is 0.0262. The molecule has 5 aromatic rings. The minimum atomic E-state index is -4.59. The molecule has 4 heterocycles. The van der Waals surface area contributed by atoms with Crippen LogP contribution in [0.25, 0.3) is 22.1 Å². The van der Waals surface area contributed by atoms with Gasteiger partial charge in [-0.15, -0.1) is 0 Å². The van der Waals surface area contributed by atoms with E-state index >= 15 is 0 Å². The van der Waals surface area contributed by atoms with Crippen molar-refractivity contribution in [1.29, 1.82) is 0 Å². The van der Waals surface area contributed by atoms with Crippen molar-refractivity contribution >= 4 is 22.1 Å². The quantitative estimate of drug-likeness (QED) is 0.268. The summed E-state index contributed by atoms with van der Waals surface area (Å²) < 4.78 is 44.4. The molecule has 40 heavy (non-hydrogen) atoms. The molecular formula is C30H29F3N6O. The van der Waals surface area contributed by atoms with E-state index in [0.717, 1.165) is 37.3 Å². The van der Waals surface area contributed by atoms with E-state index in [1.54, 1.807) is 19.2 Å². The fraction of sp³-hybridized carbons (Fsp3) is 0.367. The fourth-order valence-electron chi connectivity index (χ4n) is 6.24. The maximum atomic E-state index is 13.9. The minimum Gasteiger partial charge on any atom is -0.285 e. The van der Waals surface area contributed by atoms with Gasteiger partial charge in [0, 0.05) is 30.4 Å². The summed E-state index contributed by atoms with van der Waals surface area (Å²) in [6.45, 7) is 3.53. The molecule has 0 N–H and O–H groups in total. The first-order valence-corrected chi connectivity index (χ1v) is 13.4. The molecule has 0 unspecified atom stereocenters. The monoisotopic (exact) mass is 546 g/mol. The van der Waals surface area contributed by atoms with Crippen LogP contribution in [0.3, 0.4) is 0 Å². The highest BCUT2D eigenvalue weighted by molar-refractivity contribution is 5.84. The standard InChI is InChI=1S/C30H29F3N6O/c1-17-6-11-26-22(15-36-38(26)3)27(17)20-9-7-19(8-10-20)21-13-24-28(37-18(2)14-35-24)39(29(21)40)16-25-23(30(31,32)33)5-4-12-34-25/h4-6,11-15,19-20H,7-10,16H2,1-3H3. The zero-order valence-corrected chi connectivity index (χ0v) is 22.5. The lowest BCUT2D eigenvalue weighted by molar-refractivity contribution is -0.138. The summed E-state index contributed by atoms with van der Waals surface area (Å²) in [5.74, 6) is 0.318. The second kappa shape index (κ2) is 9.83. The number of nitrogens with zero attached hydrogens (tertiary/aromatic N) is 6. The number of benzene rings is 1. The highest BCUT2D eigenvalue weighted by Crippen LogP contribution is 2.43. The Hall–Kier alpha value is -4.08. The van der Waals surface area contributed by atoms with Crippen molar-refractivity contribution in [3.05, 3.63) is 92.9 Å². The Bertz CT molecular complexity index is 1800. The Morgan fingerprint density at radius 2 is 1.75 bits per heavy atom. The lowest BCUT2D eigenvalue weighted by Gasteiger charge is -2.30. The Balaban J connectivity index is 1.37. The molecule has 1 aliphatic rings. The van der Waals surface area contributed by atoms with Crippen LogP contribution in [-0.2, 0) is 19.8 Å². The van der Waals surface area contributed by atoms with Crippen LogP contribution in [-0.4, -0.2) is 29.3 Å². The zero-order valence-electron chi connectivity index (χ0n) is 22.5. The summed E-state index contributed by atoms with van der Waals surface area (Å²) in [7, 11) is 1.94. The molecule has 1 saturated carbocycles. The van der Waals surface area contributed by atoms with Crippen molar-refractivity contribution < 1.29 is 13.2 Å². The Labute approximate surface area is 228 Å². The van der Waals surface area contributed by atoms with Gasteiger partial charge in [0.1, 0.15) is 5.52 Å². The molecule has 0 spiro atoms. The van der Waals surface area contributed by atoms with Gasteiger partial charge in [-0.05, 0) is 86.8 Å². The second-order valence-electron chi connectivity index (χ2n) is 10.8. The van der Waals surface area contributed by atoms with Crippen LogP contribution in [0, 0.1) is 13.8 Å². The Morgan fingerprint density at radius 3 is 2.50 bits per heavy atom. The Kier molecular flexibility index (Phi) is 6.43. The molecule has 0 radical (unpaired) electrons. The van der Waals surface area contributed by atoms with Gasteiger partial charge in [-0.1, -0.05) is 6.07 Å². The molecule has 10 heteroatoms. The smallest absolute Gasteiger partial charge is 0.285 e. The number of aryl methyl sites for hydroxylation is 3. The van der Waals surface area contributed by atoms with Gasteiger partial charge in [-0.2, -0.15) is 18.3 Å². The Morgan fingerprint density at radius 1 is 1.00 bits per heavy atom. The fourth-order valence-corrected chi connectivity index (χ4v) is 6.24. The summed E-state index contributed by atoms with van der Waals surface area (Å²) >= 11 is 0. The molecule has 6 rings (SSSR count). The van der Waals surface area contributed by atoms with Gasteiger partial charge in [0.25, 0.3) is 5.56 Å². The topological polar surface area (TPSA) is 78.5 Å². The molecule has 0 saturated heterocycles. The van der Waals surface area contributed by atoms with Gasteiger partial charge in [0.15, 0.2) is 5.65 Å². The van der Waals surface area contributed by atoms with Crippen LogP contribution in [0.1, 0.15) is 71.2 Å². The first-order valence-electron chi connectivity index (χ1n) is 13.4. The number of halogens is 3. The average molecular weight is 547 g/mol. The molecule has 1 aliphatic carbocycles. The molecule has 206 valence electrons. The van der Waals surface area contributed by atoms with E-state index in [0.29, 0.717) is 22.7 Å². The molecule has 0 atom stereocenters. The molecule has 1 aromatic carbocycles. The number of rotatable bonds is 4. The van der Waals surface area contributed by atoms with Gasteiger partial charge in [-0.25, -0.2) is 4.98 Å². The number of aromatic nitrogens is 6. The third-order valence-electron chi connectivity index (χ3n) is 8.21. The second-order valence-corrected chi connectivity index (χ2v) is 10.8. The van der Waals surface area contributed by atoms with E-state index in [4.69, 9.17) is 0 Å². The first-order chi connectivity index (χ1) is 19.1. The molecule has 1 fully saturated rings. The van der Waals surface area contributed by atoms with Crippen LogP contribution < -0.4 is 5.56 Å². The highest BCUT2D eigenvalue weighted by atomic mass is 19.4. The van der Waals surface area contributed by atoms with Crippen molar-refractivity contribution in [2.75, 3.05) is 0 Å². The number of fused-ring (bicyclic) bond motifs is 2. The van der Waals surface area contributed by atoms with Crippen LogP contribution in [0.5, 0.6) is 0 Å². The van der Waals surface area contributed by atoms with Gasteiger partial charge >= 0.3 is 6.18 Å². The summed E-state index contributed by atoms with van der Waals surface area (Å²) in [6.07, 6.45) is 3.64.